The highest BCUT2D eigenvalue weighted by molar-refractivity contribution is 6.38. The van der Waals surface area contributed by atoms with E-state index in [-0.39, 0.29) is 0 Å². The molecular formula is C14H20N2O2. The molecule has 0 aliphatic rings. The van der Waals surface area contributed by atoms with Gasteiger partial charge in [-0.25, -0.2) is 0 Å². The highest BCUT2D eigenvalue weighted by Crippen LogP contribution is 2.03. The van der Waals surface area contributed by atoms with Gasteiger partial charge < -0.3 is 10.6 Å². The number of benzene rings is 1. The maximum Gasteiger partial charge on any atom is 0.289 e. The summed E-state index contributed by atoms with van der Waals surface area (Å²) in [6.45, 7) is 2.48. The van der Waals surface area contributed by atoms with E-state index in [2.05, 4.69) is 10.6 Å². The summed E-state index contributed by atoms with van der Waals surface area (Å²) in [5.41, 5.74) is 1.04. The summed E-state index contributed by atoms with van der Waals surface area (Å²) in [5.74, 6) is -0.915. The van der Waals surface area contributed by atoms with Gasteiger partial charge in [-0.15, -0.1) is 0 Å². The van der Waals surface area contributed by atoms with Crippen molar-refractivity contribution in [1.82, 2.24) is 10.6 Å². The summed E-state index contributed by atoms with van der Waals surface area (Å²) in [6, 6.07) is 9.19. The standard InChI is InChI=1S/C14H20N2O2/c1-3-9-16-14(18)13(17)12(15-2)10-11-7-5-4-6-8-11/h4-8,12,15H,3,9-10H2,1-2H3,(H,16,18)/t12-/m0/s1. The van der Waals surface area contributed by atoms with Crippen LogP contribution in [0.15, 0.2) is 30.3 Å². The van der Waals surface area contributed by atoms with E-state index in [1.807, 2.05) is 37.3 Å². The van der Waals surface area contributed by atoms with Gasteiger partial charge >= 0.3 is 0 Å². The predicted molar refractivity (Wildman–Crippen MR) is 71.3 cm³/mol. The Morgan fingerprint density at radius 1 is 1.22 bits per heavy atom. The molecule has 0 saturated heterocycles. The number of Topliss-reactive ketones (excluding diaryl/α,β-unsaturated/α-hetero) is 1. The van der Waals surface area contributed by atoms with Gasteiger partial charge in [-0.05, 0) is 25.5 Å². The summed E-state index contributed by atoms with van der Waals surface area (Å²) >= 11 is 0. The fourth-order valence-electron chi connectivity index (χ4n) is 1.66. The molecule has 0 aromatic heterocycles. The van der Waals surface area contributed by atoms with Crippen LogP contribution in [0.1, 0.15) is 18.9 Å². The molecule has 18 heavy (non-hydrogen) atoms. The molecule has 1 atom stereocenters. The van der Waals surface area contributed by atoms with Crippen LogP contribution in [0, 0.1) is 0 Å². The van der Waals surface area contributed by atoms with Gasteiger partial charge in [0.1, 0.15) is 0 Å². The normalized spacial score (nSPS) is 11.9. The molecule has 0 saturated carbocycles. The van der Waals surface area contributed by atoms with Crippen LogP contribution >= 0.6 is 0 Å². The Morgan fingerprint density at radius 2 is 1.89 bits per heavy atom. The third kappa shape index (κ3) is 4.30. The van der Waals surface area contributed by atoms with Crippen molar-refractivity contribution in [1.29, 1.82) is 0 Å². The Hall–Kier alpha value is -1.68. The van der Waals surface area contributed by atoms with Crippen LogP contribution in [0.3, 0.4) is 0 Å². The summed E-state index contributed by atoms with van der Waals surface area (Å²) in [6.07, 6.45) is 1.34. The Bertz CT molecular complexity index is 390. The lowest BCUT2D eigenvalue weighted by atomic mass is 10.0. The molecule has 1 aromatic rings. The fraction of sp³-hybridized carbons (Fsp3) is 0.429. The second-order valence-electron chi connectivity index (χ2n) is 4.15. The van der Waals surface area contributed by atoms with Crippen LogP contribution in [-0.4, -0.2) is 31.3 Å². The highest BCUT2D eigenvalue weighted by Gasteiger charge is 2.23. The van der Waals surface area contributed by atoms with Crippen molar-refractivity contribution in [2.45, 2.75) is 25.8 Å². The number of hydrogen-bond acceptors (Lipinski definition) is 3. The molecule has 98 valence electrons. The van der Waals surface area contributed by atoms with Crippen LogP contribution in [0.25, 0.3) is 0 Å². The number of likely N-dealkylation sites (N-methyl/N-ethyl adjacent to an activating group) is 1. The maximum absolute atomic E-state index is 11.9. The highest BCUT2D eigenvalue weighted by atomic mass is 16.2. The van der Waals surface area contributed by atoms with Gasteiger partial charge in [0.15, 0.2) is 0 Å². The first kappa shape index (κ1) is 14.4. The van der Waals surface area contributed by atoms with E-state index in [4.69, 9.17) is 0 Å². The molecule has 0 spiro atoms. The number of carbonyl (C=O) groups excluding carboxylic acids is 2. The van der Waals surface area contributed by atoms with Gasteiger partial charge in [0.2, 0.25) is 5.78 Å². The average Bonchev–Trinajstić information content (AvgIpc) is 2.42. The maximum atomic E-state index is 11.9. The largest absolute Gasteiger partial charge is 0.349 e. The Balaban J connectivity index is 2.60. The SMILES string of the molecule is CCCNC(=O)C(=O)[C@H](Cc1ccccc1)NC. The van der Waals surface area contributed by atoms with E-state index in [0.717, 1.165) is 12.0 Å². The first-order valence-electron chi connectivity index (χ1n) is 6.22. The molecule has 0 heterocycles. The van der Waals surface area contributed by atoms with Crippen LogP contribution < -0.4 is 10.6 Å². The second-order valence-corrected chi connectivity index (χ2v) is 4.15. The van der Waals surface area contributed by atoms with Crippen molar-refractivity contribution in [3.63, 3.8) is 0 Å². The van der Waals surface area contributed by atoms with Crippen molar-refractivity contribution >= 4 is 11.7 Å². The topological polar surface area (TPSA) is 58.2 Å². The van der Waals surface area contributed by atoms with Crippen molar-refractivity contribution in [3.05, 3.63) is 35.9 Å². The Kier molecular flexibility index (Phi) is 6.08. The summed E-state index contributed by atoms with van der Waals surface area (Å²) in [4.78, 5) is 23.5. The van der Waals surface area contributed by atoms with Gasteiger partial charge in [-0.1, -0.05) is 37.3 Å². The van der Waals surface area contributed by atoms with Crippen LogP contribution in [0.4, 0.5) is 0 Å². The lowest BCUT2D eigenvalue weighted by molar-refractivity contribution is -0.139. The Morgan fingerprint density at radius 3 is 2.44 bits per heavy atom. The van der Waals surface area contributed by atoms with Gasteiger partial charge in [0.05, 0.1) is 6.04 Å². The molecule has 0 aliphatic carbocycles. The van der Waals surface area contributed by atoms with Gasteiger partial charge in [0, 0.05) is 6.54 Å². The monoisotopic (exact) mass is 248 g/mol. The number of hydrogen-bond donors (Lipinski definition) is 2. The quantitative estimate of drug-likeness (QED) is 0.705. The summed E-state index contributed by atoms with van der Waals surface area (Å²) in [5, 5.41) is 5.50. The van der Waals surface area contributed by atoms with E-state index >= 15 is 0 Å². The number of rotatable bonds is 7. The van der Waals surface area contributed by atoms with Crippen molar-refractivity contribution in [2.75, 3.05) is 13.6 Å². The van der Waals surface area contributed by atoms with Gasteiger partial charge in [-0.2, -0.15) is 0 Å². The summed E-state index contributed by atoms with van der Waals surface area (Å²) < 4.78 is 0. The van der Waals surface area contributed by atoms with Crippen LogP contribution in [0.5, 0.6) is 0 Å². The molecule has 0 fully saturated rings. The van der Waals surface area contributed by atoms with Crippen LogP contribution in [-0.2, 0) is 16.0 Å². The smallest absolute Gasteiger partial charge is 0.289 e. The minimum absolute atomic E-state index is 0.408. The molecule has 0 bridgehead atoms. The second kappa shape index (κ2) is 7.61. The molecule has 1 rings (SSSR count). The summed E-state index contributed by atoms with van der Waals surface area (Å²) in [7, 11) is 1.69. The van der Waals surface area contributed by atoms with E-state index < -0.39 is 17.7 Å². The molecule has 4 heteroatoms. The molecule has 0 radical (unpaired) electrons. The number of amides is 1. The third-order valence-corrected chi connectivity index (χ3v) is 2.71. The van der Waals surface area contributed by atoms with Crippen molar-refractivity contribution in [3.8, 4) is 0 Å². The van der Waals surface area contributed by atoms with E-state index in [0.29, 0.717) is 13.0 Å². The van der Waals surface area contributed by atoms with Crippen molar-refractivity contribution in [2.24, 2.45) is 0 Å². The minimum Gasteiger partial charge on any atom is -0.349 e. The average molecular weight is 248 g/mol. The molecule has 4 nitrogen and oxygen atoms in total. The lowest BCUT2D eigenvalue weighted by Gasteiger charge is -2.14. The van der Waals surface area contributed by atoms with Crippen molar-refractivity contribution < 1.29 is 9.59 Å². The van der Waals surface area contributed by atoms with E-state index in [1.165, 1.54) is 0 Å². The Labute approximate surface area is 108 Å². The molecular weight excluding hydrogens is 228 g/mol. The number of carbonyl (C=O) groups is 2. The molecule has 0 aliphatic heterocycles. The zero-order valence-electron chi connectivity index (χ0n) is 10.9. The molecule has 1 amide bonds. The minimum atomic E-state index is -0.507. The number of nitrogens with one attached hydrogen (secondary N) is 2. The first-order valence-corrected chi connectivity index (χ1v) is 6.22. The van der Waals surface area contributed by atoms with Gasteiger partial charge in [-0.3, -0.25) is 9.59 Å². The lowest BCUT2D eigenvalue weighted by Crippen LogP contribution is -2.45. The molecule has 1 aromatic carbocycles. The van der Waals surface area contributed by atoms with Crippen LogP contribution in [0.2, 0.25) is 0 Å². The zero-order valence-corrected chi connectivity index (χ0v) is 10.9. The third-order valence-electron chi connectivity index (χ3n) is 2.71. The fourth-order valence-corrected chi connectivity index (χ4v) is 1.66. The van der Waals surface area contributed by atoms with Gasteiger partial charge in [0.25, 0.3) is 5.91 Å². The zero-order chi connectivity index (χ0) is 13.4. The first-order chi connectivity index (χ1) is 8.69. The van der Waals surface area contributed by atoms with E-state index in [9.17, 15) is 9.59 Å². The molecule has 0 unspecified atom stereocenters. The molecule has 2 N–H and O–H groups in total. The van der Waals surface area contributed by atoms with E-state index in [1.54, 1.807) is 7.05 Å². The number of ketones is 1. The predicted octanol–water partition coefficient (Wildman–Crippen LogP) is 0.912.